The van der Waals surface area contributed by atoms with Crippen molar-refractivity contribution in [3.05, 3.63) is 59.9 Å². The lowest BCUT2D eigenvalue weighted by Gasteiger charge is -2.08. The predicted octanol–water partition coefficient (Wildman–Crippen LogP) is 3.13. The van der Waals surface area contributed by atoms with Crippen molar-refractivity contribution in [1.82, 2.24) is 14.7 Å². The summed E-state index contributed by atoms with van der Waals surface area (Å²) in [4.78, 5) is 29.7. The van der Waals surface area contributed by atoms with Crippen molar-refractivity contribution >= 4 is 23.3 Å². The summed E-state index contributed by atoms with van der Waals surface area (Å²) in [6, 6.07) is 12.2. The molecule has 0 aliphatic rings. The quantitative estimate of drug-likeness (QED) is 0.629. The second kappa shape index (κ2) is 8.35. The van der Waals surface area contributed by atoms with E-state index in [0.717, 1.165) is 12.8 Å². The molecule has 2 N–H and O–H groups in total. The Kier molecular flexibility index (Phi) is 5.71. The van der Waals surface area contributed by atoms with Crippen LogP contribution in [0.15, 0.2) is 48.7 Å². The summed E-state index contributed by atoms with van der Waals surface area (Å²) in [7, 11) is 1.54. The van der Waals surface area contributed by atoms with Gasteiger partial charge in [-0.25, -0.2) is 4.98 Å². The number of ether oxygens (including phenoxy) is 1. The molecule has 27 heavy (non-hydrogen) atoms. The normalized spacial score (nSPS) is 10.6. The molecule has 2 amide bonds. The van der Waals surface area contributed by atoms with Crippen LogP contribution in [-0.4, -0.2) is 34.9 Å². The molecular weight excluding hydrogens is 344 g/mol. The average Bonchev–Trinajstić information content (AvgIpc) is 3.06. The van der Waals surface area contributed by atoms with Gasteiger partial charge in [-0.15, -0.1) is 0 Å². The van der Waals surface area contributed by atoms with E-state index in [2.05, 4.69) is 22.5 Å². The Morgan fingerprint density at radius 2 is 2.00 bits per heavy atom. The zero-order valence-electron chi connectivity index (χ0n) is 15.4. The van der Waals surface area contributed by atoms with E-state index in [-0.39, 0.29) is 17.6 Å². The molecule has 0 fully saturated rings. The van der Waals surface area contributed by atoms with Gasteiger partial charge in [-0.1, -0.05) is 25.5 Å². The number of unbranched alkanes of at least 4 members (excludes halogenated alkanes) is 1. The van der Waals surface area contributed by atoms with Crippen LogP contribution < -0.4 is 15.4 Å². The Hall–Kier alpha value is -3.35. The molecule has 0 unspecified atom stereocenters. The smallest absolute Gasteiger partial charge is 0.272 e. The lowest BCUT2D eigenvalue weighted by atomic mass is 10.2. The molecule has 2 heterocycles. The van der Waals surface area contributed by atoms with Crippen LogP contribution >= 0.6 is 0 Å². The SMILES string of the molecule is CCCCNC(=O)c1c(NC(=O)c2cccc(OC)c2)nc2ccccn12. The molecule has 2 aromatic heterocycles. The van der Waals surface area contributed by atoms with Crippen LogP contribution in [0, 0.1) is 0 Å². The van der Waals surface area contributed by atoms with Gasteiger partial charge in [0.05, 0.1) is 7.11 Å². The van der Waals surface area contributed by atoms with E-state index in [0.29, 0.717) is 29.2 Å². The molecule has 140 valence electrons. The molecule has 3 aromatic rings. The largest absolute Gasteiger partial charge is 0.497 e. The molecule has 0 aliphatic heterocycles. The van der Waals surface area contributed by atoms with Crippen molar-refractivity contribution in [3.63, 3.8) is 0 Å². The lowest BCUT2D eigenvalue weighted by molar-refractivity contribution is 0.0948. The van der Waals surface area contributed by atoms with Crippen LogP contribution in [0.4, 0.5) is 5.82 Å². The molecule has 0 atom stereocenters. The summed E-state index contributed by atoms with van der Waals surface area (Å²) < 4.78 is 6.83. The highest BCUT2D eigenvalue weighted by Gasteiger charge is 2.21. The number of fused-ring (bicyclic) bond motifs is 1. The van der Waals surface area contributed by atoms with Crippen LogP contribution in [0.25, 0.3) is 5.65 Å². The first-order valence-corrected chi connectivity index (χ1v) is 8.84. The van der Waals surface area contributed by atoms with Crippen LogP contribution in [0.5, 0.6) is 5.75 Å². The van der Waals surface area contributed by atoms with Gasteiger partial charge in [-0.05, 0) is 36.8 Å². The zero-order chi connectivity index (χ0) is 19.2. The molecule has 0 radical (unpaired) electrons. The highest BCUT2D eigenvalue weighted by atomic mass is 16.5. The lowest BCUT2D eigenvalue weighted by Crippen LogP contribution is -2.27. The molecular formula is C20H22N4O3. The van der Waals surface area contributed by atoms with Crippen molar-refractivity contribution < 1.29 is 14.3 Å². The molecule has 1 aromatic carbocycles. The number of benzene rings is 1. The van der Waals surface area contributed by atoms with Gasteiger partial charge in [0, 0.05) is 18.3 Å². The molecule has 7 nitrogen and oxygen atoms in total. The minimum atomic E-state index is -0.361. The van der Waals surface area contributed by atoms with E-state index in [4.69, 9.17) is 4.74 Å². The number of nitrogens with one attached hydrogen (secondary N) is 2. The average molecular weight is 366 g/mol. The van der Waals surface area contributed by atoms with Gasteiger partial charge >= 0.3 is 0 Å². The maximum absolute atomic E-state index is 12.7. The van der Waals surface area contributed by atoms with Gasteiger partial charge in [0.25, 0.3) is 11.8 Å². The molecule has 3 rings (SSSR count). The minimum Gasteiger partial charge on any atom is -0.497 e. The second-order valence-electron chi connectivity index (χ2n) is 6.03. The van der Waals surface area contributed by atoms with E-state index in [1.807, 2.05) is 12.1 Å². The summed E-state index contributed by atoms with van der Waals surface area (Å²) in [6.07, 6.45) is 3.61. The third kappa shape index (κ3) is 4.08. The summed E-state index contributed by atoms with van der Waals surface area (Å²) in [5, 5.41) is 5.63. The number of hydrogen-bond donors (Lipinski definition) is 2. The second-order valence-corrected chi connectivity index (χ2v) is 6.03. The molecule has 0 aliphatic carbocycles. The Bertz CT molecular complexity index is 965. The predicted molar refractivity (Wildman–Crippen MR) is 103 cm³/mol. The number of rotatable bonds is 7. The molecule has 0 saturated carbocycles. The first-order valence-electron chi connectivity index (χ1n) is 8.84. The number of aromatic nitrogens is 2. The van der Waals surface area contributed by atoms with Crippen molar-refractivity contribution in [2.45, 2.75) is 19.8 Å². The van der Waals surface area contributed by atoms with E-state index in [1.165, 1.54) is 7.11 Å². The van der Waals surface area contributed by atoms with Crippen LogP contribution in [0.3, 0.4) is 0 Å². The Morgan fingerprint density at radius 1 is 1.15 bits per heavy atom. The number of carbonyl (C=O) groups excluding carboxylic acids is 2. The van der Waals surface area contributed by atoms with Crippen LogP contribution in [0.1, 0.15) is 40.6 Å². The third-order valence-corrected chi connectivity index (χ3v) is 4.12. The van der Waals surface area contributed by atoms with E-state index in [1.54, 1.807) is 40.9 Å². The van der Waals surface area contributed by atoms with E-state index >= 15 is 0 Å². The summed E-state index contributed by atoms with van der Waals surface area (Å²) >= 11 is 0. The van der Waals surface area contributed by atoms with Gasteiger partial charge in [0.2, 0.25) is 0 Å². The van der Waals surface area contributed by atoms with Crippen molar-refractivity contribution in [3.8, 4) is 5.75 Å². The number of methoxy groups -OCH3 is 1. The zero-order valence-corrected chi connectivity index (χ0v) is 15.4. The highest BCUT2D eigenvalue weighted by molar-refractivity contribution is 6.08. The first kappa shape index (κ1) is 18.4. The maximum atomic E-state index is 12.7. The molecule has 7 heteroatoms. The standard InChI is InChI=1S/C20H22N4O3/c1-3-4-11-21-20(26)17-18(22-16-10-5-6-12-24(16)17)23-19(25)14-8-7-9-15(13-14)27-2/h5-10,12-13H,3-4,11H2,1-2H3,(H,21,26)(H,23,25). The van der Waals surface area contributed by atoms with Gasteiger partial charge in [0.15, 0.2) is 11.5 Å². The van der Waals surface area contributed by atoms with Gasteiger partial charge < -0.3 is 15.4 Å². The fraction of sp³-hybridized carbons (Fsp3) is 0.250. The third-order valence-electron chi connectivity index (χ3n) is 4.12. The van der Waals surface area contributed by atoms with Gasteiger partial charge in [0.1, 0.15) is 11.4 Å². The van der Waals surface area contributed by atoms with Gasteiger partial charge in [-0.2, -0.15) is 0 Å². The number of nitrogens with zero attached hydrogens (tertiary/aromatic N) is 2. The summed E-state index contributed by atoms with van der Waals surface area (Å²) in [6.45, 7) is 2.62. The van der Waals surface area contributed by atoms with Gasteiger partial charge in [-0.3, -0.25) is 14.0 Å². The number of amides is 2. The van der Waals surface area contributed by atoms with Crippen molar-refractivity contribution in [2.75, 3.05) is 19.0 Å². The highest BCUT2D eigenvalue weighted by Crippen LogP contribution is 2.20. The summed E-state index contributed by atoms with van der Waals surface area (Å²) in [5.74, 6) is 0.168. The Balaban J connectivity index is 1.92. The van der Waals surface area contributed by atoms with Crippen molar-refractivity contribution in [2.24, 2.45) is 0 Å². The topological polar surface area (TPSA) is 84.7 Å². The molecule has 0 saturated heterocycles. The maximum Gasteiger partial charge on any atom is 0.272 e. The first-order chi connectivity index (χ1) is 13.1. The van der Waals surface area contributed by atoms with Crippen molar-refractivity contribution in [1.29, 1.82) is 0 Å². The number of hydrogen-bond acceptors (Lipinski definition) is 4. The van der Waals surface area contributed by atoms with E-state index in [9.17, 15) is 9.59 Å². The molecule has 0 bridgehead atoms. The number of anilines is 1. The number of pyridine rings is 1. The van der Waals surface area contributed by atoms with Crippen LogP contribution in [0.2, 0.25) is 0 Å². The summed E-state index contributed by atoms with van der Waals surface area (Å²) in [5.41, 5.74) is 1.31. The Morgan fingerprint density at radius 3 is 2.78 bits per heavy atom. The minimum absolute atomic E-state index is 0.225. The number of carbonyl (C=O) groups is 2. The van der Waals surface area contributed by atoms with Crippen LogP contribution in [-0.2, 0) is 0 Å². The fourth-order valence-electron chi connectivity index (χ4n) is 2.71. The molecule has 0 spiro atoms. The fourth-order valence-corrected chi connectivity index (χ4v) is 2.71. The number of imidazole rings is 1. The van der Waals surface area contributed by atoms with E-state index < -0.39 is 0 Å². The Labute approximate surface area is 157 Å². The monoisotopic (exact) mass is 366 g/mol.